The minimum atomic E-state index is 0.216. The minimum absolute atomic E-state index is 0.216. The molecule has 1 heterocycles. The third kappa shape index (κ3) is 5.78. The molecule has 0 aliphatic carbocycles. The van der Waals surface area contributed by atoms with Crippen LogP contribution in [0.1, 0.15) is 39.2 Å². The van der Waals surface area contributed by atoms with E-state index in [1.54, 1.807) is 0 Å². The van der Waals surface area contributed by atoms with Gasteiger partial charge in [-0.2, -0.15) is 0 Å². The molecule has 0 amide bonds. The van der Waals surface area contributed by atoms with E-state index in [0.29, 0.717) is 5.02 Å². The van der Waals surface area contributed by atoms with Crippen molar-refractivity contribution in [2.75, 3.05) is 19.6 Å². The number of hydrogen-bond donors (Lipinski definition) is 1. The number of piperidine rings is 1. The van der Waals surface area contributed by atoms with Gasteiger partial charge in [-0.3, -0.25) is 4.90 Å². The molecular weight excluding hydrogens is 303 g/mol. The Hall–Kier alpha value is -0.280. The molecule has 1 aliphatic heterocycles. The fraction of sp³-hybridized carbons (Fsp3) is 0.647. The predicted molar refractivity (Wildman–Crippen MR) is 92.2 cm³/mol. The third-order valence-electron chi connectivity index (χ3n) is 4.04. The molecule has 1 aromatic rings. The first-order chi connectivity index (χ1) is 9.83. The summed E-state index contributed by atoms with van der Waals surface area (Å²) in [6, 6.07) is 5.79. The van der Waals surface area contributed by atoms with Gasteiger partial charge in [-0.05, 0) is 76.9 Å². The van der Waals surface area contributed by atoms with Crippen LogP contribution >= 0.6 is 23.2 Å². The topological polar surface area (TPSA) is 15.3 Å². The molecule has 0 aromatic heterocycles. The summed E-state index contributed by atoms with van der Waals surface area (Å²) < 4.78 is 0. The lowest BCUT2D eigenvalue weighted by Crippen LogP contribution is -2.42. The molecule has 0 atom stereocenters. The van der Waals surface area contributed by atoms with Crippen LogP contribution in [0.4, 0.5) is 0 Å². The van der Waals surface area contributed by atoms with E-state index in [-0.39, 0.29) is 5.54 Å². The molecule has 1 aromatic carbocycles. The quantitative estimate of drug-likeness (QED) is 0.869. The zero-order valence-electron chi connectivity index (χ0n) is 13.3. The maximum Gasteiger partial charge on any atom is 0.0465 e. The van der Waals surface area contributed by atoms with E-state index >= 15 is 0 Å². The zero-order chi connectivity index (χ0) is 15.5. The lowest BCUT2D eigenvalue weighted by Gasteiger charge is -2.34. The second-order valence-corrected chi connectivity index (χ2v) is 7.93. The standard InChI is InChI=1S/C17H26Cl2N2/c1-17(2,3)20-11-13-6-8-21(9-7-13)12-14-4-5-15(18)10-16(14)19/h4-5,10,13,20H,6-9,11-12H2,1-3H3. The molecule has 2 rings (SSSR count). The lowest BCUT2D eigenvalue weighted by atomic mass is 9.95. The normalized spacial score (nSPS) is 18.1. The van der Waals surface area contributed by atoms with Gasteiger partial charge in [0.25, 0.3) is 0 Å². The summed E-state index contributed by atoms with van der Waals surface area (Å²) in [5, 5.41) is 5.10. The molecule has 2 nitrogen and oxygen atoms in total. The summed E-state index contributed by atoms with van der Waals surface area (Å²) in [5.41, 5.74) is 1.39. The number of nitrogens with one attached hydrogen (secondary N) is 1. The monoisotopic (exact) mass is 328 g/mol. The number of rotatable bonds is 4. The van der Waals surface area contributed by atoms with Crippen LogP contribution in [0.15, 0.2) is 18.2 Å². The summed E-state index contributed by atoms with van der Waals surface area (Å²) in [6.45, 7) is 11.0. The molecule has 0 saturated carbocycles. The highest BCUT2D eigenvalue weighted by atomic mass is 35.5. The van der Waals surface area contributed by atoms with Gasteiger partial charge in [0, 0.05) is 22.1 Å². The second kappa shape index (κ2) is 7.32. The fourth-order valence-electron chi connectivity index (χ4n) is 2.69. The molecule has 0 radical (unpaired) electrons. The van der Waals surface area contributed by atoms with E-state index in [1.165, 1.54) is 18.4 Å². The van der Waals surface area contributed by atoms with Gasteiger partial charge in [-0.15, -0.1) is 0 Å². The summed E-state index contributed by atoms with van der Waals surface area (Å²) in [7, 11) is 0. The Morgan fingerprint density at radius 3 is 2.43 bits per heavy atom. The molecule has 21 heavy (non-hydrogen) atoms. The van der Waals surface area contributed by atoms with Crippen LogP contribution in [0.5, 0.6) is 0 Å². The van der Waals surface area contributed by atoms with Crippen molar-refractivity contribution in [2.24, 2.45) is 5.92 Å². The molecular formula is C17H26Cl2N2. The van der Waals surface area contributed by atoms with Crippen molar-refractivity contribution in [1.29, 1.82) is 0 Å². The van der Waals surface area contributed by atoms with Gasteiger partial charge in [0.1, 0.15) is 0 Å². The summed E-state index contributed by atoms with van der Waals surface area (Å²) in [5.74, 6) is 0.793. The third-order valence-corrected chi connectivity index (χ3v) is 4.62. The highest BCUT2D eigenvalue weighted by Gasteiger charge is 2.21. The lowest BCUT2D eigenvalue weighted by molar-refractivity contribution is 0.170. The van der Waals surface area contributed by atoms with E-state index in [9.17, 15) is 0 Å². The largest absolute Gasteiger partial charge is 0.312 e. The van der Waals surface area contributed by atoms with E-state index in [0.717, 1.165) is 37.1 Å². The van der Waals surface area contributed by atoms with Crippen molar-refractivity contribution in [1.82, 2.24) is 10.2 Å². The highest BCUT2D eigenvalue weighted by Crippen LogP contribution is 2.24. The number of halogens is 2. The average molecular weight is 329 g/mol. The summed E-state index contributed by atoms with van der Waals surface area (Å²) in [4.78, 5) is 2.49. The Kier molecular flexibility index (Phi) is 5.96. The van der Waals surface area contributed by atoms with Crippen LogP contribution in [0.25, 0.3) is 0 Å². The Morgan fingerprint density at radius 1 is 1.19 bits per heavy atom. The fourth-order valence-corrected chi connectivity index (χ4v) is 3.16. The minimum Gasteiger partial charge on any atom is -0.312 e. The number of benzene rings is 1. The molecule has 0 bridgehead atoms. The van der Waals surface area contributed by atoms with E-state index in [2.05, 4.69) is 31.0 Å². The van der Waals surface area contributed by atoms with E-state index < -0.39 is 0 Å². The smallest absolute Gasteiger partial charge is 0.0465 e. The van der Waals surface area contributed by atoms with Gasteiger partial charge in [0.05, 0.1) is 0 Å². The molecule has 1 N–H and O–H groups in total. The van der Waals surface area contributed by atoms with Gasteiger partial charge in [-0.1, -0.05) is 29.3 Å². The Bertz CT molecular complexity index is 460. The molecule has 4 heteroatoms. The Morgan fingerprint density at radius 2 is 1.86 bits per heavy atom. The van der Waals surface area contributed by atoms with Gasteiger partial charge in [-0.25, -0.2) is 0 Å². The molecule has 1 fully saturated rings. The number of hydrogen-bond acceptors (Lipinski definition) is 2. The van der Waals surface area contributed by atoms with Crippen LogP contribution in [-0.2, 0) is 6.54 Å². The van der Waals surface area contributed by atoms with Crippen molar-refractivity contribution in [3.63, 3.8) is 0 Å². The second-order valence-electron chi connectivity index (χ2n) is 7.09. The average Bonchev–Trinajstić information content (AvgIpc) is 2.40. The highest BCUT2D eigenvalue weighted by molar-refractivity contribution is 6.35. The van der Waals surface area contributed by atoms with Gasteiger partial charge >= 0.3 is 0 Å². The van der Waals surface area contributed by atoms with Crippen LogP contribution in [0.3, 0.4) is 0 Å². The molecule has 0 unspecified atom stereocenters. The van der Waals surface area contributed by atoms with Crippen molar-refractivity contribution in [3.05, 3.63) is 33.8 Å². The van der Waals surface area contributed by atoms with Crippen LogP contribution < -0.4 is 5.32 Å². The van der Waals surface area contributed by atoms with Gasteiger partial charge in [0.15, 0.2) is 0 Å². The van der Waals surface area contributed by atoms with E-state index in [4.69, 9.17) is 23.2 Å². The van der Waals surface area contributed by atoms with Crippen molar-refractivity contribution < 1.29 is 0 Å². The maximum absolute atomic E-state index is 6.26. The molecule has 118 valence electrons. The first-order valence-electron chi connectivity index (χ1n) is 7.75. The first-order valence-corrected chi connectivity index (χ1v) is 8.50. The van der Waals surface area contributed by atoms with Crippen molar-refractivity contribution in [3.8, 4) is 0 Å². The number of nitrogens with zero attached hydrogens (tertiary/aromatic N) is 1. The van der Waals surface area contributed by atoms with Crippen LogP contribution in [-0.4, -0.2) is 30.1 Å². The van der Waals surface area contributed by atoms with Gasteiger partial charge in [0.2, 0.25) is 0 Å². The van der Waals surface area contributed by atoms with Crippen molar-refractivity contribution >= 4 is 23.2 Å². The molecule has 1 aliphatic rings. The predicted octanol–water partition coefficient (Wildman–Crippen LogP) is 4.59. The number of likely N-dealkylation sites (tertiary alicyclic amines) is 1. The molecule has 0 spiro atoms. The summed E-state index contributed by atoms with van der Waals surface area (Å²) >= 11 is 12.2. The Labute approximate surface area is 138 Å². The summed E-state index contributed by atoms with van der Waals surface area (Å²) in [6.07, 6.45) is 2.52. The Balaban J connectivity index is 1.79. The van der Waals surface area contributed by atoms with Gasteiger partial charge < -0.3 is 5.32 Å². The molecule has 1 saturated heterocycles. The zero-order valence-corrected chi connectivity index (χ0v) is 14.8. The first kappa shape index (κ1) is 17.1. The maximum atomic E-state index is 6.26. The SMILES string of the molecule is CC(C)(C)NCC1CCN(Cc2ccc(Cl)cc2Cl)CC1. The van der Waals surface area contributed by atoms with E-state index in [1.807, 2.05) is 18.2 Å². The van der Waals surface area contributed by atoms with Crippen molar-refractivity contribution in [2.45, 2.75) is 45.7 Å². The van der Waals surface area contributed by atoms with Crippen LogP contribution in [0, 0.1) is 5.92 Å². The van der Waals surface area contributed by atoms with Crippen LogP contribution in [0.2, 0.25) is 10.0 Å².